The van der Waals surface area contributed by atoms with Crippen LogP contribution in [0.1, 0.15) is 46.5 Å². The van der Waals surface area contributed by atoms with Crippen molar-refractivity contribution >= 4 is 23.2 Å². The Labute approximate surface area is 170 Å². The normalized spacial score (nSPS) is 52.5. The summed E-state index contributed by atoms with van der Waals surface area (Å²) in [4.78, 5) is 23.5. The van der Waals surface area contributed by atoms with Gasteiger partial charge in [0.15, 0.2) is 11.6 Å². The standard InChI is InChI=1S/C22H29ClO5/c1-12-8-16-15-5-4-13-9-14(25)6-7-19(13,2)21(15,23)17(26)10-20(16,3)22(12,28)18(27)11-24/h4,6-7,12,15-17,24,26,28H,5,8-11H2,1-3H3/t12-,15+,16+,17+,19+,20+,21+,22+/m1/s1. The summed E-state index contributed by atoms with van der Waals surface area (Å²) in [6.07, 6.45) is 6.19. The van der Waals surface area contributed by atoms with Gasteiger partial charge in [0, 0.05) is 17.3 Å². The summed E-state index contributed by atoms with van der Waals surface area (Å²) in [6, 6.07) is 0. The van der Waals surface area contributed by atoms with Crippen LogP contribution in [0.2, 0.25) is 0 Å². The van der Waals surface area contributed by atoms with Crippen molar-refractivity contribution in [3.8, 4) is 0 Å². The Kier molecular flexibility index (Phi) is 4.35. The van der Waals surface area contributed by atoms with Crippen molar-refractivity contribution in [3.05, 3.63) is 23.8 Å². The zero-order valence-corrected chi connectivity index (χ0v) is 17.4. The van der Waals surface area contributed by atoms with Crippen molar-refractivity contribution in [1.82, 2.24) is 0 Å². The minimum absolute atomic E-state index is 0.0370. The van der Waals surface area contributed by atoms with Gasteiger partial charge in [0.05, 0.1) is 11.0 Å². The Hall–Kier alpha value is -1.01. The van der Waals surface area contributed by atoms with E-state index in [1.807, 2.05) is 26.8 Å². The summed E-state index contributed by atoms with van der Waals surface area (Å²) >= 11 is 7.30. The van der Waals surface area contributed by atoms with Gasteiger partial charge in [-0.1, -0.05) is 38.5 Å². The SMILES string of the molecule is C[C@@H]1C[C@H]2[C@@H]3CC=C4CC(=O)C=C[C@]4(C)[C@@]3(Cl)[C@@H](O)C[C@]2(C)[C@@]1(O)C(=O)CO. The van der Waals surface area contributed by atoms with Gasteiger partial charge in [-0.25, -0.2) is 0 Å². The summed E-state index contributed by atoms with van der Waals surface area (Å²) < 4.78 is 0. The Morgan fingerprint density at radius 2 is 2.00 bits per heavy atom. The number of carbonyl (C=O) groups excluding carboxylic acids is 2. The number of hydrogen-bond donors (Lipinski definition) is 3. The van der Waals surface area contributed by atoms with Gasteiger partial charge >= 0.3 is 0 Å². The molecule has 4 aliphatic carbocycles. The Morgan fingerprint density at radius 3 is 2.64 bits per heavy atom. The topological polar surface area (TPSA) is 94.8 Å². The average Bonchev–Trinajstić information content (AvgIpc) is 2.84. The highest BCUT2D eigenvalue weighted by atomic mass is 35.5. The molecule has 0 amide bonds. The number of allylic oxidation sites excluding steroid dienone is 4. The number of Topliss-reactive ketones (excluding diaryl/α,β-unsaturated/α-hetero) is 1. The highest BCUT2D eigenvalue weighted by Crippen LogP contribution is 2.70. The third kappa shape index (κ3) is 2.09. The van der Waals surface area contributed by atoms with E-state index in [-0.39, 0.29) is 30.0 Å². The van der Waals surface area contributed by atoms with Crippen molar-refractivity contribution < 1.29 is 24.9 Å². The molecule has 0 heterocycles. The predicted molar refractivity (Wildman–Crippen MR) is 105 cm³/mol. The summed E-state index contributed by atoms with van der Waals surface area (Å²) in [5, 5.41) is 32.3. The molecule has 2 fully saturated rings. The van der Waals surface area contributed by atoms with E-state index in [4.69, 9.17) is 11.6 Å². The van der Waals surface area contributed by atoms with Gasteiger partial charge in [0.25, 0.3) is 0 Å². The van der Waals surface area contributed by atoms with E-state index in [2.05, 4.69) is 6.08 Å². The van der Waals surface area contributed by atoms with Gasteiger partial charge in [-0.15, -0.1) is 11.6 Å². The molecular weight excluding hydrogens is 380 g/mol. The van der Waals surface area contributed by atoms with Crippen LogP contribution in [-0.4, -0.2) is 50.1 Å². The molecule has 0 saturated heterocycles. The summed E-state index contributed by atoms with van der Waals surface area (Å²) in [7, 11) is 0. The van der Waals surface area contributed by atoms with Crippen molar-refractivity contribution in [3.63, 3.8) is 0 Å². The molecule has 4 rings (SSSR count). The maximum absolute atomic E-state index is 12.6. The molecular formula is C22H29ClO5. The molecule has 0 radical (unpaired) electrons. The fraction of sp³-hybridized carbons (Fsp3) is 0.727. The van der Waals surface area contributed by atoms with Gasteiger partial charge in [-0.3, -0.25) is 9.59 Å². The molecule has 0 aromatic heterocycles. The first-order chi connectivity index (χ1) is 13.0. The molecule has 3 N–H and O–H groups in total. The minimum atomic E-state index is -1.69. The minimum Gasteiger partial charge on any atom is -0.391 e. The highest BCUT2D eigenvalue weighted by Gasteiger charge is 2.74. The van der Waals surface area contributed by atoms with Crippen LogP contribution in [0.15, 0.2) is 23.8 Å². The number of fused-ring (bicyclic) bond motifs is 5. The second-order valence-electron chi connectivity index (χ2n) is 9.75. The lowest BCUT2D eigenvalue weighted by Crippen LogP contribution is -2.68. The monoisotopic (exact) mass is 408 g/mol. The summed E-state index contributed by atoms with van der Waals surface area (Å²) in [6.45, 7) is 4.96. The average molecular weight is 409 g/mol. The fourth-order valence-electron chi connectivity index (χ4n) is 7.17. The van der Waals surface area contributed by atoms with Crippen LogP contribution in [0.5, 0.6) is 0 Å². The lowest BCUT2D eigenvalue weighted by atomic mass is 9.46. The van der Waals surface area contributed by atoms with Gasteiger partial charge in [-0.2, -0.15) is 0 Å². The molecule has 5 nitrogen and oxygen atoms in total. The second-order valence-corrected chi connectivity index (χ2v) is 10.4. The number of carbonyl (C=O) groups is 2. The van der Waals surface area contributed by atoms with E-state index in [0.29, 0.717) is 19.3 Å². The number of ketones is 2. The molecule has 0 unspecified atom stereocenters. The quantitative estimate of drug-likeness (QED) is 0.480. The lowest BCUT2D eigenvalue weighted by molar-refractivity contribution is -0.178. The van der Waals surface area contributed by atoms with Gasteiger partial charge in [0.2, 0.25) is 0 Å². The van der Waals surface area contributed by atoms with Gasteiger partial charge < -0.3 is 15.3 Å². The van der Waals surface area contributed by atoms with Crippen LogP contribution in [0, 0.1) is 28.6 Å². The Bertz CT molecular complexity index is 805. The van der Waals surface area contributed by atoms with E-state index in [9.17, 15) is 24.9 Å². The predicted octanol–water partition coefficient (Wildman–Crippen LogP) is 2.17. The van der Waals surface area contributed by atoms with Gasteiger partial charge in [0.1, 0.15) is 12.2 Å². The summed E-state index contributed by atoms with van der Waals surface area (Å²) in [5.41, 5.74) is -2.27. The number of aliphatic hydroxyl groups excluding tert-OH is 2. The maximum atomic E-state index is 12.6. The molecule has 0 aromatic carbocycles. The first-order valence-electron chi connectivity index (χ1n) is 10.1. The number of alkyl halides is 1. The molecule has 0 aliphatic heterocycles. The maximum Gasteiger partial charge on any atom is 0.190 e. The van der Waals surface area contributed by atoms with Crippen LogP contribution in [0.3, 0.4) is 0 Å². The molecule has 154 valence electrons. The molecule has 28 heavy (non-hydrogen) atoms. The van der Waals surface area contributed by atoms with Crippen molar-refractivity contribution in [2.24, 2.45) is 28.6 Å². The molecule has 2 saturated carbocycles. The number of halogens is 1. The van der Waals surface area contributed by atoms with E-state index in [1.54, 1.807) is 6.08 Å². The van der Waals surface area contributed by atoms with Crippen LogP contribution in [0.25, 0.3) is 0 Å². The number of aliphatic hydroxyl groups is 3. The molecule has 0 bridgehead atoms. The third-order valence-corrected chi connectivity index (χ3v) is 9.68. The second kappa shape index (κ2) is 6.00. The molecule has 0 spiro atoms. The van der Waals surface area contributed by atoms with Gasteiger partial charge in [-0.05, 0) is 43.1 Å². The van der Waals surface area contributed by atoms with E-state index in [1.165, 1.54) is 0 Å². The molecule has 0 aromatic rings. The van der Waals surface area contributed by atoms with E-state index >= 15 is 0 Å². The highest BCUT2D eigenvalue weighted by molar-refractivity contribution is 6.26. The number of hydrogen-bond acceptors (Lipinski definition) is 5. The van der Waals surface area contributed by atoms with Crippen LogP contribution < -0.4 is 0 Å². The van der Waals surface area contributed by atoms with Crippen molar-refractivity contribution in [1.29, 1.82) is 0 Å². The zero-order chi connectivity index (χ0) is 20.7. The van der Waals surface area contributed by atoms with E-state index < -0.39 is 39.8 Å². The molecule has 4 aliphatic rings. The van der Waals surface area contributed by atoms with E-state index in [0.717, 1.165) is 5.57 Å². The fourth-order valence-corrected chi connectivity index (χ4v) is 7.67. The largest absolute Gasteiger partial charge is 0.391 e. The Balaban J connectivity index is 1.85. The first-order valence-corrected chi connectivity index (χ1v) is 10.5. The van der Waals surface area contributed by atoms with Crippen LogP contribution in [-0.2, 0) is 9.59 Å². The number of rotatable bonds is 2. The lowest BCUT2D eigenvalue weighted by Gasteiger charge is -2.63. The van der Waals surface area contributed by atoms with Crippen LogP contribution in [0.4, 0.5) is 0 Å². The first kappa shape index (κ1) is 20.3. The van der Waals surface area contributed by atoms with Crippen molar-refractivity contribution in [2.75, 3.05) is 6.61 Å². The van der Waals surface area contributed by atoms with Crippen LogP contribution >= 0.6 is 11.6 Å². The smallest absolute Gasteiger partial charge is 0.190 e. The summed E-state index contributed by atoms with van der Waals surface area (Å²) in [5.74, 6) is -1.12. The zero-order valence-electron chi connectivity index (χ0n) is 16.6. The molecule has 8 atom stereocenters. The molecule has 6 heteroatoms. The van der Waals surface area contributed by atoms with Crippen molar-refractivity contribution in [2.45, 2.75) is 63.0 Å². The Morgan fingerprint density at radius 1 is 1.32 bits per heavy atom. The third-order valence-electron chi connectivity index (χ3n) is 8.75.